The fourth-order valence-corrected chi connectivity index (χ4v) is 2.32. The van der Waals surface area contributed by atoms with Gasteiger partial charge in [0.15, 0.2) is 11.5 Å². The van der Waals surface area contributed by atoms with Gasteiger partial charge in [-0.15, -0.1) is 0 Å². The number of methoxy groups -OCH3 is 2. The molecular formula is C15H15ClFNO2. The maximum atomic E-state index is 13.8. The van der Waals surface area contributed by atoms with Crippen LogP contribution >= 0.6 is 11.6 Å². The summed E-state index contributed by atoms with van der Waals surface area (Å²) in [5, 5.41) is 0.369. The number of halogens is 2. The molecule has 0 heterocycles. The quantitative estimate of drug-likeness (QED) is 0.938. The molecule has 0 bridgehead atoms. The first-order chi connectivity index (χ1) is 9.58. The monoisotopic (exact) mass is 295 g/mol. The molecule has 0 aliphatic rings. The van der Waals surface area contributed by atoms with Gasteiger partial charge >= 0.3 is 0 Å². The summed E-state index contributed by atoms with van der Waals surface area (Å²) in [5.74, 6) is 0.534. The zero-order valence-electron chi connectivity index (χ0n) is 11.2. The second-order valence-corrected chi connectivity index (χ2v) is 4.64. The van der Waals surface area contributed by atoms with E-state index in [-0.39, 0.29) is 5.82 Å². The predicted octanol–water partition coefficient (Wildman–Crippen LogP) is 3.54. The SMILES string of the molecule is COc1cc(C(N)c2ccccc2F)cc(Cl)c1OC. The summed E-state index contributed by atoms with van der Waals surface area (Å²) >= 11 is 6.13. The van der Waals surface area contributed by atoms with E-state index in [0.29, 0.717) is 27.6 Å². The second-order valence-electron chi connectivity index (χ2n) is 4.24. The minimum atomic E-state index is -0.631. The smallest absolute Gasteiger partial charge is 0.179 e. The van der Waals surface area contributed by atoms with Crippen molar-refractivity contribution in [1.82, 2.24) is 0 Å². The van der Waals surface area contributed by atoms with Gasteiger partial charge in [0.05, 0.1) is 25.3 Å². The Balaban J connectivity index is 2.48. The Labute approximate surface area is 122 Å². The first-order valence-electron chi connectivity index (χ1n) is 6.00. The van der Waals surface area contributed by atoms with Crippen molar-refractivity contribution in [2.75, 3.05) is 14.2 Å². The summed E-state index contributed by atoms with van der Waals surface area (Å²) in [7, 11) is 3.01. The van der Waals surface area contributed by atoms with Crippen molar-refractivity contribution in [3.8, 4) is 11.5 Å². The van der Waals surface area contributed by atoms with E-state index in [1.165, 1.54) is 20.3 Å². The van der Waals surface area contributed by atoms with E-state index in [1.807, 2.05) is 0 Å². The van der Waals surface area contributed by atoms with Crippen LogP contribution in [0, 0.1) is 5.82 Å². The lowest BCUT2D eigenvalue weighted by Gasteiger charge is -2.17. The van der Waals surface area contributed by atoms with Gasteiger partial charge in [-0.2, -0.15) is 0 Å². The van der Waals surface area contributed by atoms with Gasteiger partial charge in [0.2, 0.25) is 0 Å². The fourth-order valence-electron chi connectivity index (χ4n) is 2.02. The van der Waals surface area contributed by atoms with E-state index in [1.54, 1.807) is 30.3 Å². The van der Waals surface area contributed by atoms with Crippen LogP contribution in [0.15, 0.2) is 36.4 Å². The van der Waals surface area contributed by atoms with Crippen molar-refractivity contribution in [1.29, 1.82) is 0 Å². The largest absolute Gasteiger partial charge is 0.493 e. The van der Waals surface area contributed by atoms with Crippen LogP contribution in [0.3, 0.4) is 0 Å². The highest BCUT2D eigenvalue weighted by Crippen LogP contribution is 2.38. The predicted molar refractivity (Wildman–Crippen MR) is 77.0 cm³/mol. The second kappa shape index (κ2) is 6.11. The first kappa shape index (κ1) is 14.6. The van der Waals surface area contributed by atoms with Gasteiger partial charge in [0.25, 0.3) is 0 Å². The maximum Gasteiger partial charge on any atom is 0.179 e. The summed E-state index contributed by atoms with van der Waals surface area (Å²) in [6.45, 7) is 0. The van der Waals surface area contributed by atoms with Crippen molar-refractivity contribution < 1.29 is 13.9 Å². The molecule has 2 aromatic carbocycles. The van der Waals surface area contributed by atoms with E-state index in [2.05, 4.69) is 0 Å². The molecule has 2 N–H and O–H groups in total. The summed E-state index contributed by atoms with van der Waals surface area (Å²) in [6.07, 6.45) is 0. The van der Waals surface area contributed by atoms with Crippen molar-refractivity contribution in [2.45, 2.75) is 6.04 Å². The molecule has 0 aliphatic carbocycles. The zero-order valence-corrected chi connectivity index (χ0v) is 11.9. The molecule has 0 saturated carbocycles. The van der Waals surface area contributed by atoms with Crippen LogP contribution in [-0.4, -0.2) is 14.2 Å². The third-order valence-electron chi connectivity index (χ3n) is 3.06. The van der Waals surface area contributed by atoms with Gasteiger partial charge in [-0.25, -0.2) is 4.39 Å². The molecule has 5 heteroatoms. The molecule has 1 atom stereocenters. The normalized spacial score (nSPS) is 12.1. The minimum Gasteiger partial charge on any atom is -0.493 e. The summed E-state index contributed by atoms with van der Waals surface area (Å²) in [6, 6.07) is 9.09. The van der Waals surface area contributed by atoms with E-state index >= 15 is 0 Å². The van der Waals surface area contributed by atoms with E-state index in [4.69, 9.17) is 26.8 Å². The summed E-state index contributed by atoms with van der Waals surface area (Å²) in [5.41, 5.74) is 7.16. The topological polar surface area (TPSA) is 44.5 Å². The van der Waals surface area contributed by atoms with Crippen LogP contribution in [0.1, 0.15) is 17.2 Å². The van der Waals surface area contributed by atoms with Gasteiger partial charge in [0, 0.05) is 5.56 Å². The molecule has 0 fully saturated rings. The average Bonchev–Trinajstić information content (AvgIpc) is 2.46. The Hall–Kier alpha value is -1.78. The molecule has 0 amide bonds. The van der Waals surface area contributed by atoms with E-state index in [0.717, 1.165) is 0 Å². The minimum absolute atomic E-state index is 0.356. The lowest BCUT2D eigenvalue weighted by atomic mass is 9.98. The van der Waals surface area contributed by atoms with Crippen molar-refractivity contribution in [3.05, 3.63) is 58.4 Å². The highest BCUT2D eigenvalue weighted by Gasteiger charge is 2.18. The molecule has 20 heavy (non-hydrogen) atoms. The van der Waals surface area contributed by atoms with Crippen LogP contribution in [0.25, 0.3) is 0 Å². The Morgan fingerprint density at radius 3 is 2.45 bits per heavy atom. The average molecular weight is 296 g/mol. The molecule has 0 aromatic heterocycles. The van der Waals surface area contributed by atoms with Crippen LogP contribution in [0.4, 0.5) is 4.39 Å². The fraction of sp³-hybridized carbons (Fsp3) is 0.200. The summed E-state index contributed by atoms with van der Waals surface area (Å²) in [4.78, 5) is 0. The Bertz CT molecular complexity index is 619. The van der Waals surface area contributed by atoms with Crippen LogP contribution < -0.4 is 15.2 Å². The number of hydrogen-bond acceptors (Lipinski definition) is 3. The molecule has 3 nitrogen and oxygen atoms in total. The molecule has 0 saturated heterocycles. The Morgan fingerprint density at radius 1 is 1.15 bits per heavy atom. The van der Waals surface area contributed by atoms with Crippen LogP contribution in [0.2, 0.25) is 5.02 Å². The molecule has 2 aromatic rings. The van der Waals surface area contributed by atoms with E-state index < -0.39 is 6.04 Å². The zero-order chi connectivity index (χ0) is 14.7. The van der Waals surface area contributed by atoms with Crippen LogP contribution in [-0.2, 0) is 0 Å². The molecule has 0 spiro atoms. The van der Waals surface area contributed by atoms with E-state index in [9.17, 15) is 4.39 Å². The van der Waals surface area contributed by atoms with Crippen molar-refractivity contribution in [3.63, 3.8) is 0 Å². The summed E-state index contributed by atoms with van der Waals surface area (Å²) < 4.78 is 24.2. The van der Waals surface area contributed by atoms with Gasteiger partial charge in [-0.1, -0.05) is 29.8 Å². The Morgan fingerprint density at radius 2 is 1.85 bits per heavy atom. The maximum absolute atomic E-state index is 13.8. The third-order valence-corrected chi connectivity index (χ3v) is 3.34. The number of nitrogens with two attached hydrogens (primary N) is 1. The lowest BCUT2D eigenvalue weighted by molar-refractivity contribution is 0.354. The van der Waals surface area contributed by atoms with Crippen molar-refractivity contribution >= 4 is 11.6 Å². The van der Waals surface area contributed by atoms with Crippen LogP contribution in [0.5, 0.6) is 11.5 Å². The van der Waals surface area contributed by atoms with Gasteiger partial charge in [-0.3, -0.25) is 0 Å². The highest BCUT2D eigenvalue weighted by atomic mass is 35.5. The molecule has 0 aliphatic heterocycles. The standard InChI is InChI=1S/C15H15ClFNO2/c1-19-13-8-9(7-11(16)15(13)20-2)14(18)10-5-3-4-6-12(10)17/h3-8,14H,18H2,1-2H3. The number of rotatable bonds is 4. The first-order valence-corrected chi connectivity index (χ1v) is 6.37. The molecule has 0 radical (unpaired) electrons. The molecule has 2 rings (SSSR count). The highest BCUT2D eigenvalue weighted by molar-refractivity contribution is 6.32. The third kappa shape index (κ3) is 2.71. The van der Waals surface area contributed by atoms with Crippen molar-refractivity contribution in [2.24, 2.45) is 5.73 Å². The Kier molecular flexibility index (Phi) is 4.47. The molecule has 106 valence electrons. The van der Waals surface area contributed by atoms with Gasteiger partial charge in [0.1, 0.15) is 5.82 Å². The van der Waals surface area contributed by atoms with Gasteiger partial charge in [-0.05, 0) is 23.8 Å². The molecule has 1 unspecified atom stereocenters. The number of ether oxygens (including phenoxy) is 2. The lowest BCUT2D eigenvalue weighted by Crippen LogP contribution is -2.14. The number of hydrogen-bond donors (Lipinski definition) is 1. The molecular weight excluding hydrogens is 281 g/mol. The number of benzene rings is 2. The van der Waals surface area contributed by atoms with Gasteiger partial charge < -0.3 is 15.2 Å².